The minimum Gasteiger partial charge on any atom is -0.382 e. The van der Waals surface area contributed by atoms with Crippen LogP contribution in [0.4, 0.5) is 0 Å². The van der Waals surface area contributed by atoms with E-state index in [4.69, 9.17) is 4.74 Å². The van der Waals surface area contributed by atoms with Crippen molar-refractivity contribution in [3.8, 4) is 0 Å². The summed E-state index contributed by atoms with van der Waals surface area (Å²) in [4.78, 5) is 23.1. The lowest BCUT2D eigenvalue weighted by Crippen LogP contribution is -2.48. The summed E-state index contributed by atoms with van der Waals surface area (Å²) in [5, 5.41) is 5.37. The molecule has 0 bridgehead atoms. The van der Waals surface area contributed by atoms with Gasteiger partial charge in [-0.1, -0.05) is 38.1 Å². The smallest absolute Gasteiger partial charge is 0.245 e. The second-order valence-corrected chi connectivity index (χ2v) is 5.32. The second kappa shape index (κ2) is 8.42. The van der Waals surface area contributed by atoms with E-state index in [-0.39, 0.29) is 18.4 Å². The summed E-state index contributed by atoms with van der Waals surface area (Å²) in [6.07, 6.45) is 0. The lowest BCUT2D eigenvalue weighted by Gasteiger charge is -2.16. The number of methoxy groups -OCH3 is 1. The van der Waals surface area contributed by atoms with E-state index in [1.54, 1.807) is 0 Å². The molecule has 116 valence electrons. The van der Waals surface area contributed by atoms with Crippen LogP contribution in [-0.2, 0) is 20.9 Å². The van der Waals surface area contributed by atoms with Crippen molar-refractivity contribution in [1.82, 2.24) is 10.6 Å². The Morgan fingerprint density at radius 2 is 1.81 bits per heavy atom. The van der Waals surface area contributed by atoms with Gasteiger partial charge in [0.1, 0.15) is 6.04 Å². The molecule has 0 aliphatic heterocycles. The molecule has 1 atom stereocenters. The maximum absolute atomic E-state index is 12.0. The average Bonchev–Trinajstić information content (AvgIpc) is 2.44. The number of nitrogens with one attached hydrogen (secondary N) is 2. The van der Waals surface area contributed by atoms with E-state index in [0.717, 1.165) is 5.56 Å². The number of benzene rings is 1. The molecule has 0 saturated carbocycles. The highest BCUT2D eigenvalue weighted by molar-refractivity contribution is 5.86. The van der Waals surface area contributed by atoms with Crippen molar-refractivity contribution in [2.24, 2.45) is 0 Å². The average molecular weight is 292 g/mol. The Labute approximate surface area is 126 Å². The molecule has 0 aromatic heterocycles. The summed E-state index contributed by atoms with van der Waals surface area (Å²) in [6.45, 7) is 6.23. The first-order chi connectivity index (χ1) is 9.93. The third-order valence-electron chi connectivity index (χ3n) is 3.14. The number of carbonyl (C=O) groups is 2. The van der Waals surface area contributed by atoms with Crippen LogP contribution in [-0.4, -0.2) is 31.6 Å². The highest BCUT2D eigenvalue weighted by Crippen LogP contribution is 2.14. The van der Waals surface area contributed by atoms with Crippen molar-refractivity contribution >= 4 is 11.8 Å². The van der Waals surface area contributed by atoms with E-state index >= 15 is 0 Å². The number of rotatable bonds is 7. The van der Waals surface area contributed by atoms with E-state index < -0.39 is 6.04 Å². The van der Waals surface area contributed by atoms with Gasteiger partial charge in [0.2, 0.25) is 11.8 Å². The molecule has 0 unspecified atom stereocenters. The molecule has 0 aliphatic carbocycles. The normalized spacial score (nSPS) is 12.0. The Bertz CT molecular complexity index is 469. The summed E-state index contributed by atoms with van der Waals surface area (Å²) >= 11 is 0. The van der Waals surface area contributed by atoms with Gasteiger partial charge >= 0.3 is 0 Å². The fraction of sp³-hybridized carbons (Fsp3) is 0.500. The number of amides is 2. The van der Waals surface area contributed by atoms with Gasteiger partial charge in [0.15, 0.2) is 0 Å². The molecular weight excluding hydrogens is 268 g/mol. The Morgan fingerprint density at radius 1 is 1.19 bits per heavy atom. The predicted octanol–water partition coefficient (Wildman–Crippen LogP) is 1.58. The molecule has 1 aromatic carbocycles. The monoisotopic (exact) mass is 292 g/mol. The van der Waals surface area contributed by atoms with Crippen LogP contribution < -0.4 is 10.6 Å². The lowest BCUT2D eigenvalue weighted by molar-refractivity contribution is -0.129. The van der Waals surface area contributed by atoms with Crippen LogP contribution in [0, 0.1) is 0 Å². The van der Waals surface area contributed by atoms with Crippen molar-refractivity contribution < 1.29 is 14.3 Å². The third kappa shape index (κ3) is 5.95. The van der Waals surface area contributed by atoms with E-state index in [1.807, 2.05) is 12.1 Å². The van der Waals surface area contributed by atoms with E-state index in [2.05, 4.69) is 36.6 Å². The highest BCUT2D eigenvalue weighted by Gasteiger charge is 2.18. The van der Waals surface area contributed by atoms with Crippen molar-refractivity contribution in [2.45, 2.75) is 39.3 Å². The molecule has 2 amide bonds. The van der Waals surface area contributed by atoms with Crippen LogP contribution in [0.3, 0.4) is 0 Å². The molecule has 0 saturated heterocycles. The highest BCUT2D eigenvalue weighted by atomic mass is 16.5. The predicted molar refractivity (Wildman–Crippen MR) is 81.9 cm³/mol. The molecule has 5 heteroatoms. The van der Waals surface area contributed by atoms with Crippen LogP contribution in [0.25, 0.3) is 0 Å². The van der Waals surface area contributed by atoms with E-state index in [1.165, 1.54) is 19.6 Å². The summed E-state index contributed by atoms with van der Waals surface area (Å²) in [5.74, 6) is -0.0204. The fourth-order valence-corrected chi connectivity index (χ4v) is 1.93. The molecule has 2 N–H and O–H groups in total. The van der Waals surface area contributed by atoms with Crippen molar-refractivity contribution in [1.29, 1.82) is 0 Å². The summed E-state index contributed by atoms with van der Waals surface area (Å²) in [6, 6.07) is 7.46. The first-order valence-corrected chi connectivity index (χ1v) is 7.06. The van der Waals surface area contributed by atoms with Gasteiger partial charge in [-0.15, -0.1) is 0 Å². The van der Waals surface area contributed by atoms with Gasteiger partial charge < -0.3 is 15.4 Å². The van der Waals surface area contributed by atoms with Gasteiger partial charge in [0.05, 0.1) is 6.61 Å². The lowest BCUT2D eigenvalue weighted by atomic mass is 10.0. The Morgan fingerprint density at radius 3 is 2.29 bits per heavy atom. The zero-order chi connectivity index (χ0) is 15.8. The van der Waals surface area contributed by atoms with E-state index in [0.29, 0.717) is 12.5 Å². The molecule has 0 radical (unpaired) electrons. The molecule has 1 rings (SSSR count). The molecule has 0 heterocycles. The van der Waals surface area contributed by atoms with Crippen molar-refractivity contribution in [2.75, 3.05) is 13.7 Å². The zero-order valence-corrected chi connectivity index (χ0v) is 13.1. The largest absolute Gasteiger partial charge is 0.382 e. The van der Waals surface area contributed by atoms with Crippen LogP contribution in [0.2, 0.25) is 0 Å². The van der Waals surface area contributed by atoms with Gasteiger partial charge in [-0.05, 0) is 17.0 Å². The maximum atomic E-state index is 12.0. The molecule has 21 heavy (non-hydrogen) atoms. The van der Waals surface area contributed by atoms with Crippen LogP contribution >= 0.6 is 0 Å². The summed E-state index contributed by atoms with van der Waals surface area (Å²) in [7, 11) is 1.49. The topological polar surface area (TPSA) is 67.4 Å². The quantitative estimate of drug-likeness (QED) is 0.802. The van der Waals surface area contributed by atoms with Crippen LogP contribution in [0.15, 0.2) is 24.3 Å². The minimum atomic E-state index is -0.664. The molecule has 1 aromatic rings. The zero-order valence-electron chi connectivity index (χ0n) is 13.1. The third-order valence-corrected chi connectivity index (χ3v) is 3.14. The molecular formula is C16H24N2O3. The SMILES string of the molecule is COC[C@@H](NC(C)=O)C(=O)NCc1ccc(C(C)C)cc1. The number of ether oxygens (including phenoxy) is 1. The van der Waals surface area contributed by atoms with Gasteiger partial charge in [0, 0.05) is 20.6 Å². The van der Waals surface area contributed by atoms with Crippen LogP contribution in [0.1, 0.15) is 37.8 Å². The van der Waals surface area contributed by atoms with Crippen LogP contribution in [0.5, 0.6) is 0 Å². The summed E-state index contributed by atoms with van der Waals surface area (Å²) in [5.41, 5.74) is 2.28. The van der Waals surface area contributed by atoms with Crippen molar-refractivity contribution in [3.63, 3.8) is 0 Å². The minimum absolute atomic E-state index is 0.150. The van der Waals surface area contributed by atoms with Gasteiger partial charge in [-0.2, -0.15) is 0 Å². The molecule has 0 aliphatic rings. The van der Waals surface area contributed by atoms with Crippen molar-refractivity contribution in [3.05, 3.63) is 35.4 Å². The van der Waals surface area contributed by atoms with Gasteiger partial charge in [-0.3, -0.25) is 9.59 Å². The second-order valence-electron chi connectivity index (χ2n) is 5.32. The number of hydrogen-bond acceptors (Lipinski definition) is 3. The molecule has 0 spiro atoms. The fourth-order valence-electron chi connectivity index (χ4n) is 1.93. The van der Waals surface area contributed by atoms with E-state index in [9.17, 15) is 9.59 Å². The first-order valence-electron chi connectivity index (χ1n) is 7.06. The first kappa shape index (κ1) is 17.2. The molecule has 5 nitrogen and oxygen atoms in total. The number of hydrogen-bond donors (Lipinski definition) is 2. The Balaban J connectivity index is 2.55. The summed E-state index contributed by atoms with van der Waals surface area (Å²) < 4.78 is 4.94. The Kier molecular flexibility index (Phi) is 6.88. The number of carbonyl (C=O) groups excluding carboxylic acids is 2. The Hall–Kier alpha value is -1.88. The standard InChI is InChI=1S/C16H24N2O3/c1-11(2)14-7-5-13(6-8-14)9-17-16(20)15(10-21-4)18-12(3)19/h5-8,11,15H,9-10H2,1-4H3,(H,17,20)(H,18,19)/t15-/m1/s1. The van der Waals surface area contributed by atoms with Gasteiger partial charge in [0.25, 0.3) is 0 Å². The molecule has 0 fully saturated rings. The maximum Gasteiger partial charge on any atom is 0.245 e. The van der Waals surface area contributed by atoms with Gasteiger partial charge in [-0.25, -0.2) is 0 Å².